The van der Waals surface area contributed by atoms with Gasteiger partial charge < -0.3 is 9.15 Å². The highest BCUT2D eigenvalue weighted by atomic mass is 79.9. The fourth-order valence-electron chi connectivity index (χ4n) is 2.21. The van der Waals surface area contributed by atoms with Crippen molar-refractivity contribution in [2.24, 2.45) is 5.10 Å². The van der Waals surface area contributed by atoms with E-state index in [0.717, 1.165) is 4.47 Å². The van der Waals surface area contributed by atoms with E-state index >= 15 is 0 Å². The maximum Gasteiger partial charge on any atom is 0.277 e. The molecule has 0 radical (unpaired) electrons. The van der Waals surface area contributed by atoms with Gasteiger partial charge in [0.1, 0.15) is 12.0 Å². The van der Waals surface area contributed by atoms with Crippen molar-refractivity contribution >= 4 is 78.2 Å². The van der Waals surface area contributed by atoms with E-state index in [1.54, 1.807) is 18.2 Å². The molecule has 0 aliphatic heterocycles. The Balaban J connectivity index is 1.66. The maximum absolute atomic E-state index is 12.5. The van der Waals surface area contributed by atoms with Crippen LogP contribution in [0.15, 0.2) is 59.9 Å². The van der Waals surface area contributed by atoms with Crippen molar-refractivity contribution < 1.29 is 13.9 Å². The molecule has 10 heteroatoms. The number of nitrogens with zero attached hydrogens (tertiary/aromatic N) is 1. The first kappa shape index (κ1) is 20.9. The SMILES string of the molecule is O=C(COc1ccc(Br)cc1Br)NN=Cc1coc2c(Cl)cc(Cl)cc2c1=O. The van der Waals surface area contributed by atoms with Crippen molar-refractivity contribution in [3.63, 3.8) is 0 Å². The Morgan fingerprint density at radius 1 is 1.25 bits per heavy atom. The monoisotopic (exact) mass is 546 g/mol. The molecule has 1 aromatic heterocycles. The number of fused-ring (bicyclic) bond motifs is 1. The van der Waals surface area contributed by atoms with Crippen LogP contribution >= 0.6 is 55.1 Å². The van der Waals surface area contributed by atoms with Crippen LogP contribution in [0.3, 0.4) is 0 Å². The van der Waals surface area contributed by atoms with Crippen molar-refractivity contribution in [2.45, 2.75) is 0 Å². The summed E-state index contributed by atoms with van der Waals surface area (Å²) < 4.78 is 12.3. The summed E-state index contributed by atoms with van der Waals surface area (Å²) in [5, 5.41) is 4.51. The lowest BCUT2D eigenvalue weighted by atomic mass is 10.2. The molecule has 0 aliphatic rings. The number of nitrogens with one attached hydrogen (secondary N) is 1. The first-order valence-electron chi connectivity index (χ1n) is 7.65. The number of amides is 1. The molecule has 1 heterocycles. The molecule has 0 bridgehead atoms. The maximum atomic E-state index is 12.5. The van der Waals surface area contributed by atoms with Gasteiger partial charge >= 0.3 is 0 Å². The Hall–Kier alpha value is -1.87. The van der Waals surface area contributed by atoms with E-state index in [1.165, 1.54) is 24.6 Å². The van der Waals surface area contributed by atoms with Crippen molar-refractivity contribution in [3.05, 3.63) is 71.4 Å². The third kappa shape index (κ3) is 4.94. The molecule has 0 fully saturated rings. The van der Waals surface area contributed by atoms with Gasteiger partial charge in [-0.05, 0) is 46.3 Å². The number of halogens is 4. The molecule has 28 heavy (non-hydrogen) atoms. The summed E-state index contributed by atoms with van der Waals surface area (Å²) in [7, 11) is 0. The highest BCUT2D eigenvalue weighted by Crippen LogP contribution is 2.28. The van der Waals surface area contributed by atoms with E-state index in [2.05, 4.69) is 42.4 Å². The molecule has 0 atom stereocenters. The van der Waals surface area contributed by atoms with Crippen molar-refractivity contribution in [3.8, 4) is 5.75 Å². The molecule has 3 rings (SSSR count). The molecular formula is C18H10Br2Cl2N2O4. The molecule has 1 amide bonds. The molecule has 0 saturated carbocycles. The van der Waals surface area contributed by atoms with Gasteiger partial charge in [0.15, 0.2) is 12.2 Å². The van der Waals surface area contributed by atoms with Gasteiger partial charge in [0.2, 0.25) is 5.43 Å². The van der Waals surface area contributed by atoms with Crippen LogP contribution in [0.4, 0.5) is 0 Å². The van der Waals surface area contributed by atoms with Crippen LogP contribution in [-0.2, 0) is 4.79 Å². The lowest BCUT2D eigenvalue weighted by Crippen LogP contribution is -2.25. The van der Waals surface area contributed by atoms with Crippen LogP contribution < -0.4 is 15.6 Å². The number of carbonyl (C=O) groups excluding carboxylic acids is 1. The molecule has 1 N–H and O–H groups in total. The zero-order chi connectivity index (χ0) is 20.3. The number of hydrogen-bond donors (Lipinski definition) is 1. The molecule has 6 nitrogen and oxygen atoms in total. The zero-order valence-electron chi connectivity index (χ0n) is 13.8. The summed E-state index contributed by atoms with van der Waals surface area (Å²) in [4.78, 5) is 24.3. The Morgan fingerprint density at radius 2 is 2.04 bits per heavy atom. The molecule has 0 aliphatic carbocycles. The topological polar surface area (TPSA) is 80.9 Å². The fraction of sp³-hybridized carbons (Fsp3) is 0.0556. The number of carbonyl (C=O) groups is 1. The van der Waals surface area contributed by atoms with Gasteiger partial charge in [-0.1, -0.05) is 39.1 Å². The van der Waals surface area contributed by atoms with Crippen LogP contribution in [-0.4, -0.2) is 18.7 Å². The summed E-state index contributed by atoms with van der Waals surface area (Å²) in [5.74, 6) is 0.00796. The highest BCUT2D eigenvalue weighted by Gasteiger charge is 2.10. The minimum Gasteiger partial charge on any atom is -0.483 e. The Morgan fingerprint density at radius 3 is 2.79 bits per heavy atom. The van der Waals surface area contributed by atoms with Crippen LogP contribution in [0.1, 0.15) is 5.56 Å². The van der Waals surface area contributed by atoms with E-state index in [-0.39, 0.29) is 33.6 Å². The first-order chi connectivity index (χ1) is 13.3. The second-order valence-electron chi connectivity index (χ2n) is 5.44. The second-order valence-corrected chi connectivity index (χ2v) is 8.05. The molecule has 2 aromatic carbocycles. The Labute approximate surface area is 185 Å². The number of rotatable bonds is 5. The van der Waals surface area contributed by atoms with E-state index < -0.39 is 5.91 Å². The summed E-state index contributed by atoms with van der Waals surface area (Å²) in [6.07, 6.45) is 2.38. The van der Waals surface area contributed by atoms with Gasteiger partial charge in [0.25, 0.3) is 5.91 Å². The third-order valence-electron chi connectivity index (χ3n) is 3.46. The average molecular weight is 549 g/mol. The van der Waals surface area contributed by atoms with Crippen molar-refractivity contribution in [2.75, 3.05) is 6.61 Å². The minimum atomic E-state index is -0.498. The van der Waals surface area contributed by atoms with Gasteiger partial charge in [-0.15, -0.1) is 0 Å². The van der Waals surface area contributed by atoms with Crippen LogP contribution in [0, 0.1) is 0 Å². The number of hydrazone groups is 1. The zero-order valence-corrected chi connectivity index (χ0v) is 18.5. The summed E-state index contributed by atoms with van der Waals surface area (Å²) in [5.41, 5.74) is 2.26. The predicted octanol–water partition coefficient (Wildman–Crippen LogP) is 5.15. The van der Waals surface area contributed by atoms with Crippen LogP contribution in [0.2, 0.25) is 10.0 Å². The minimum absolute atomic E-state index is 0.128. The fourth-order valence-corrected chi connectivity index (χ4v) is 3.91. The molecule has 0 saturated heterocycles. The van der Waals surface area contributed by atoms with Gasteiger partial charge in [0, 0.05) is 9.50 Å². The molecule has 144 valence electrons. The third-order valence-corrected chi connectivity index (χ3v) is 5.08. The molecule has 0 unspecified atom stereocenters. The van der Waals surface area contributed by atoms with Crippen LogP contribution in [0.5, 0.6) is 5.75 Å². The van der Waals surface area contributed by atoms with E-state index in [4.69, 9.17) is 32.4 Å². The van der Waals surface area contributed by atoms with Gasteiger partial charge in [-0.25, -0.2) is 5.43 Å². The van der Waals surface area contributed by atoms with Gasteiger partial charge in [-0.3, -0.25) is 9.59 Å². The highest BCUT2D eigenvalue weighted by molar-refractivity contribution is 9.11. The van der Waals surface area contributed by atoms with Gasteiger partial charge in [0.05, 0.1) is 26.7 Å². The predicted molar refractivity (Wildman–Crippen MR) is 116 cm³/mol. The normalized spacial score (nSPS) is 11.1. The second kappa shape index (κ2) is 9.09. The molecular weight excluding hydrogens is 539 g/mol. The quantitative estimate of drug-likeness (QED) is 0.353. The molecule has 3 aromatic rings. The number of hydrogen-bond acceptors (Lipinski definition) is 5. The van der Waals surface area contributed by atoms with Crippen molar-refractivity contribution in [1.29, 1.82) is 0 Å². The molecule has 0 spiro atoms. The van der Waals surface area contributed by atoms with Gasteiger partial charge in [-0.2, -0.15) is 5.10 Å². The van der Waals surface area contributed by atoms with E-state index in [1.807, 2.05) is 0 Å². The summed E-state index contributed by atoms with van der Waals surface area (Å²) >= 11 is 18.6. The largest absolute Gasteiger partial charge is 0.483 e. The number of ether oxygens (including phenoxy) is 1. The standard InChI is InChI=1S/C18H10Br2Cl2N2O4/c19-10-1-2-15(13(20)3-10)27-8-16(25)24-23-6-9-7-28-18-12(17(9)26)4-11(21)5-14(18)22/h1-7H,8H2,(H,24,25). The number of benzene rings is 2. The van der Waals surface area contributed by atoms with E-state index in [0.29, 0.717) is 15.2 Å². The smallest absolute Gasteiger partial charge is 0.277 e. The summed E-state index contributed by atoms with van der Waals surface area (Å²) in [6, 6.07) is 8.22. The lowest BCUT2D eigenvalue weighted by Gasteiger charge is -2.07. The lowest BCUT2D eigenvalue weighted by molar-refractivity contribution is -0.123. The van der Waals surface area contributed by atoms with E-state index in [9.17, 15) is 9.59 Å². The Bertz CT molecular complexity index is 1150. The first-order valence-corrected chi connectivity index (χ1v) is 9.99. The van der Waals surface area contributed by atoms with Crippen molar-refractivity contribution in [1.82, 2.24) is 5.43 Å². The average Bonchev–Trinajstić information content (AvgIpc) is 2.63. The summed E-state index contributed by atoms with van der Waals surface area (Å²) in [6.45, 7) is -0.255. The Kier molecular flexibility index (Phi) is 6.77. The van der Waals surface area contributed by atoms with Crippen LogP contribution in [0.25, 0.3) is 11.0 Å².